The minimum Gasteiger partial charge on any atom is -0.463 e. The van der Waals surface area contributed by atoms with E-state index in [1.165, 1.54) is 6.92 Å². The Labute approximate surface area is 118 Å². The van der Waals surface area contributed by atoms with Crippen molar-refractivity contribution in [2.45, 2.75) is 53.4 Å². The molecule has 6 nitrogen and oxygen atoms in total. The Morgan fingerprint density at radius 2 is 1.85 bits per heavy atom. The van der Waals surface area contributed by atoms with Gasteiger partial charge in [-0.3, -0.25) is 0 Å². The van der Waals surface area contributed by atoms with E-state index in [1.54, 1.807) is 6.92 Å². The molecule has 0 spiro atoms. The molecule has 0 aromatic rings. The first-order chi connectivity index (χ1) is 9.24. The predicted octanol–water partition coefficient (Wildman–Crippen LogP) is 2.48. The maximum atomic E-state index is 12.0. The van der Waals surface area contributed by atoms with Gasteiger partial charge in [-0.25, -0.2) is 9.59 Å². The molecule has 0 radical (unpaired) electrons. The molecular weight excluding hydrogens is 264 g/mol. The highest BCUT2D eigenvalue weighted by Gasteiger charge is 2.48. The summed E-state index contributed by atoms with van der Waals surface area (Å²) < 4.78 is 9.92. The zero-order valence-electron chi connectivity index (χ0n) is 12.6. The molecule has 0 unspecified atom stereocenters. The van der Waals surface area contributed by atoms with E-state index in [1.807, 2.05) is 20.8 Å². The first kappa shape index (κ1) is 16.7. The van der Waals surface area contributed by atoms with E-state index >= 15 is 0 Å². The largest absolute Gasteiger partial charge is 0.463 e. The fourth-order valence-corrected chi connectivity index (χ4v) is 1.92. The first-order valence-corrected chi connectivity index (χ1v) is 6.73. The molecule has 20 heavy (non-hydrogen) atoms. The Hall–Kier alpha value is -1.40. The SMILES string of the molecule is CCCC(C)(C)/C(=C\C(=O)OC1(C)OO1)C(=O)OCC. The van der Waals surface area contributed by atoms with Crippen molar-refractivity contribution in [1.82, 2.24) is 0 Å². The lowest BCUT2D eigenvalue weighted by Gasteiger charge is -2.26. The van der Waals surface area contributed by atoms with Gasteiger partial charge in [-0.05, 0) is 18.8 Å². The third-order valence-corrected chi connectivity index (χ3v) is 2.97. The highest BCUT2D eigenvalue weighted by Crippen LogP contribution is 2.34. The topological polar surface area (TPSA) is 77.7 Å². The van der Waals surface area contributed by atoms with E-state index in [-0.39, 0.29) is 12.2 Å². The second-order valence-electron chi connectivity index (χ2n) is 5.36. The summed E-state index contributed by atoms with van der Waals surface area (Å²) >= 11 is 0. The summed E-state index contributed by atoms with van der Waals surface area (Å²) in [6, 6.07) is 0. The summed E-state index contributed by atoms with van der Waals surface area (Å²) in [6.45, 7) is 9.21. The van der Waals surface area contributed by atoms with Crippen LogP contribution >= 0.6 is 0 Å². The minimum absolute atomic E-state index is 0.247. The lowest BCUT2D eigenvalue weighted by Crippen LogP contribution is -2.25. The van der Waals surface area contributed by atoms with Gasteiger partial charge in [0, 0.05) is 18.6 Å². The normalized spacial score (nSPS) is 17.6. The lowest BCUT2D eigenvalue weighted by atomic mass is 9.80. The Bertz CT molecular complexity index is 406. The van der Waals surface area contributed by atoms with Crippen LogP contribution in [0.5, 0.6) is 0 Å². The van der Waals surface area contributed by atoms with Crippen LogP contribution in [0.4, 0.5) is 0 Å². The molecular formula is C14H22O6. The summed E-state index contributed by atoms with van der Waals surface area (Å²) in [7, 11) is 0. The van der Waals surface area contributed by atoms with Crippen molar-refractivity contribution in [3.63, 3.8) is 0 Å². The standard InChI is InChI=1S/C14H22O6/c1-6-8-13(3,4)10(12(16)17-7-2)9-11(15)18-14(5)19-20-14/h9H,6-8H2,1-5H3/b10-9-. The lowest BCUT2D eigenvalue weighted by molar-refractivity contribution is -0.153. The molecule has 1 rings (SSSR count). The van der Waals surface area contributed by atoms with Gasteiger partial charge < -0.3 is 9.47 Å². The number of hydrogen-bond acceptors (Lipinski definition) is 6. The van der Waals surface area contributed by atoms with Crippen molar-refractivity contribution in [2.75, 3.05) is 6.61 Å². The summed E-state index contributed by atoms with van der Waals surface area (Å²) in [5.41, 5.74) is -0.193. The van der Waals surface area contributed by atoms with E-state index < -0.39 is 23.3 Å². The van der Waals surface area contributed by atoms with Crippen molar-refractivity contribution >= 4 is 11.9 Å². The minimum atomic E-state index is -1.33. The van der Waals surface area contributed by atoms with Crippen LogP contribution in [0.25, 0.3) is 0 Å². The Morgan fingerprint density at radius 1 is 1.25 bits per heavy atom. The van der Waals surface area contributed by atoms with Crippen LogP contribution < -0.4 is 0 Å². The van der Waals surface area contributed by atoms with Gasteiger partial charge in [0.1, 0.15) is 0 Å². The molecule has 1 aliphatic heterocycles. The third-order valence-electron chi connectivity index (χ3n) is 2.97. The number of rotatable bonds is 7. The van der Waals surface area contributed by atoms with Gasteiger partial charge in [0.25, 0.3) is 0 Å². The van der Waals surface area contributed by atoms with Crippen LogP contribution in [0.15, 0.2) is 11.6 Å². The molecule has 6 heteroatoms. The Kier molecular flexibility index (Phi) is 5.30. The number of esters is 2. The quantitative estimate of drug-likeness (QED) is 0.310. The van der Waals surface area contributed by atoms with E-state index in [9.17, 15) is 9.59 Å². The second-order valence-corrected chi connectivity index (χ2v) is 5.36. The summed E-state index contributed by atoms with van der Waals surface area (Å²) in [6.07, 6.45) is 2.78. The zero-order valence-corrected chi connectivity index (χ0v) is 12.6. The molecule has 1 fully saturated rings. The van der Waals surface area contributed by atoms with Gasteiger partial charge in [0.2, 0.25) is 0 Å². The monoisotopic (exact) mass is 286 g/mol. The molecule has 114 valence electrons. The van der Waals surface area contributed by atoms with Gasteiger partial charge in [0.15, 0.2) is 0 Å². The van der Waals surface area contributed by atoms with Crippen molar-refractivity contribution in [3.8, 4) is 0 Å². The van der Waals surface area contributed by atoms with Crippen molar-refractivity contribution < 1.29 is 28.8 Å². The highest BCUT2D eigenvalue weighted by molar-refractivity contribution is 5.97. The highest BCUT2D eigenvalue weighted by atomic mass is 17.4. The molecule has 0 amide bonds. The molecule has 0 aliphatic carbocycles. The molecule has 1 heterocycles. The van der Waals surface area contributed by atoms with Gasteiger partial charge in [-0.1, -0.05) is 27.2 Å². The van der Waals surface area contributed by atoms with Crippen LogP contribution in [0.2, 0.25) is 0 Å². The Balaban J connectivity index is 2.90. The van der Waals surface area contributed by atoms with E-state index in [4.69, 9.17) is 9.47 Å². The molecule has 1 aliphatic rings. The summed E-state index contributed by atoms with van der Waals surface area (Å²) in [5.74, 6) is -2.54. The molecule has 1 saturated heterocycles. The first-order valence-electron chi connectivity index (χ1n) is 6.73. The van der Waals surface area contributed by atoms with E-state index in [2.05, 4.69) is 9.78 Å². The number of carbonyl (C=O) groups is 2. The van der Waals surface area contributed by atoms with Crippen LogP contribution in [0, 0.1) is 5.41 Å². The fourth-order valence-electron chi connectivity index (χ4n) is 1.92. The number of carbonyl (C=O) groups excluding carboxylic acids is 2. The maximum Gasteiger partial charge on any atom is 0.380 e. The fraction of sp³-hybridized carbons (Fsp3) is 0.714. The Morgan fingerprint density at radius 3 is 2.30 bits per heavy atom. The van der Waals surface area contributed by atoms with Gasteiger partial charge in [0.05, 0.1) is 6.61 Å². The molecule has 0 aromatic heterocycles. The van der Waals surface area contributed by atoms with E-state index in [0.717, 1.165) is 18.9 Å². The molecule has 0 N–H and O–H groups in total. The third kappa shape index (κ3) is 4.61. The van der Waals surface area contributed by atoms with Crippen molar-refractivity contribution in [3.05, 3.63) is 11.6 Å². The average molecular weight is 286 g/mol. The van der Waals surface area contributed by atoms with Crippen LogP contribution in [-0.2, 0) is 28.8 Å². The van der Waals surface area contributed by atoms with Crippen LogP contribution in [0.1, 0.15) is 47.5 Å². The molecule has 0 aromatic carbocycles. The van der Waals surface area contributed by atoms with E-state index in [0.29, 0.717) is 0 Å². The zero-order chi connectivity index (χ0) is 15.4. The van der Waals surface area contributed by atoms with Gasteiger partial charge >= 0.3 is 17.9 Å². The average Bonchev–Trinajstić information content (AvgIpc) is 3.03. The van der Waals surface area contributed by atoms with Gasteiger partial charge in [-0.2, -0.15) is 9.78 Å². The van der Waals surface area contributed by atoms with Crippen molar-refractivity contribution in [2.24, 2.45) is 5.41 Å². The van der Waals surface area contributed by atoms with Gasteiger partial charge in [-0.15, -0.1) is 0 Å². The second kappa shape index (κ2) is 6.37. The van der Waals surface area contributed by atoms with Crippen LogP contribution in [-0.4, -0.2) is 24.5 Å². The molecule has 0 bridgehead atoms. The maximum absolute atomic E-state index is 12.0. The van der Waals surface area contributed by atoms with Crippen LogP contribution in [0.3, 0.4) is 0 Å². The number of ether oxygens (including phenoxy) is 2. The molecule has 0 saturated carbocycles. The smallest absolute Gasteiger partial charge is 0.380 e. The predicted molar refractivity (Wildman–Crippen MR) is 70.1 cm³/mol. The number of hydrogen-bond donors (Lipinski definition) is 0. The molecule has 0 atom stereocenters. The summed E-state index contributed by atoms with van der Waals surface area (Å²) in [4.78, 5) is 32.8. The summed E-state index contributed by atoms with van der Waals surface area (Å²) in [5, 5.41) is 0. The van der Waals surface area contributed by atoms with Crippen molar-refractivity contribution in [1.29, 1.82) is 0 Å².